The molecule has 2 aromatic heterocycles. The minimum Gasteiger partial charge on any atom is -0.306 e. The van der Waals surface area contributed by atoms with Crippen LogP contribution in [0.1, 0.15) is 11.1 Å². The van der Waals surface area contributed by atoms with Crippen LogP contribution in [0.3, 0.4) is 0 Å². The summed E-state index contributed by atoms with van der Waals surface area (Å²) in [6.07, 6.45) is 4.27. The number of hydrogen-bond donors (Lipinski definition) is 1. The molecule has 0 spiro atoms. The number of nitriles is 1. The lowest BCUT2D eigenvalue weighted by Crippen LogP contribution is -2.14. The molecule has 0 unspecified atom stereocenters. The summed E-state index contributed by atoms with van der Waals surface area (Å²) in [4.78, 5) is 17.1. The number of para-hydroxylation sites is 1. The van der Waals surface area contributed by atoms with E-state index < -0.39 is 5.91 Å². The SMILES string of the molecule is N#Cc1cnn(-c2ccc3ccccc3n2)c1NC(=O)/C=C/c1ccc(Cl)cc1Cl. The standard InChI is InChI=1S/C22H13Cl2N5O/c23-17-8-5-14(18(24)11-17)7-10-21(30)28-22-16(12-25)13-26-29(22)20-9-6-15-3-1-2-4-19(15)27-20/h1-11,13H,(H,28,30)/b10-7+. The highest BCUT2D eigenvalue weighted by atomic mass is 35.5. The first kappa shape index (κ1) is 19.6. The number of halogens is 2. The van der Waals surface area contributed by atoms with Crippen molar-refractivity contribution < 1.29 is 4.79 Å². The lowest BCUT2D eigenvalue weighted by molar-refractivity contribution is -0.111. The summed E-state index contributed by atoms with van der Waals surface area (Å²) in [5, 5.41) is 18.2. The summed E-state index contributed by atoms with van der Waals surface area (Å²) in [7, 11) is 0. The summed E-state index contributed by atoms with van der Waals surface area (Å²) in [5.74, 6) is 0.271. The van der Waals surface area contributed by atoms with Gasteiger partial charge in [0, 0.05) is 21.5 Å². The fourth-order valence-electron chi connectivity index (χ4n) is 2.86. The number of amides is 1. The van der Waals surface area contributed by atoms with Crippen molar-refractivity contribution >= 4 is 51.9 Å². The molecule has 0 fully saturated rings. The van der Waals surface area contributed by atoms with Gasteiger partial charge in [0.2, 0.25) is 5.91 Å². The van der Waals surface area contributed by atoms with Gasteiger partial charge in [0.05, 0.1) is 11.7 Å². The van der Waals surface area contributed by atoms with Crippen molar-refractivity contribution in [3.8, 4) is 11.9 Å². The maximum Gasteiger partial charge on any atom is 0.249 e. The van der Waals surface area contributed by atoms with E-state index in [9.17, 15) is 10.1 Å². The third kappa shape index (κ3) is 4.03. The smallest absolute Gasteiger partial charge is 0.249 e. The van der Waals surface area contributed by atoms with E-state index in [0.717, 1.165) is 10.9 Å². The molecule has 0 atom stereocenters. The molecule has 0 aliphatic rings. The molecule has 2 aromatic carbocycles. The first-order valence-electron chi connectivity index (χ1n) is 8.83. The predicted octanol–water partition coefficient (Wildman–Crippen LogP) is 5.25. The predicted molar refractivity (Wildman–Crippen MR) is 118 cm³/mol. The summed E-state index contributed by atoms with van der Waals surface area (Å²) in [6.45, 7) is 0. The van der Waals surface area contributed by atoms with Gasteiger partial charge in [0.25, 0.3) is 0 Å². The molecule has 0 saturated carbocycles. The Kier molecular flexibility index (Phi) is 5.48. The molecular formula is C22H13Cl2N5O. The number of nitrogens with zero attached hydrogens (tertiary/aromatic N) is 4. The molecule has 30 heavy (non-hydrogen) atoms. The maximum atomic E-state index is 12.5. The van der Waals surface area contributed by atoms with Crippen LogP contribution in [-0.2, 0) is 4.79 Å². The first-order chi connectivity index (χ1) is 14.5. The fraction of sp³-hybridized carbons (Fsp3) is 0. The van der Waals surface area contributed by atoms with Crippen molar-refractivity contribution in [2.45, 2.75) is 0 Å². The molecule has 0 bridgehead atoms. The Morgan fingerprint density at radius 2 is 1.97 bits per heavy atom. The molecule has 4 rings (SSSR count). The van der Waals surface area contributed by atoms with E-state index in [4.69, 9.17) is 23.2 Å². The van der Waals surface area contributed by atoms with Crippen molar-refractivity contribution in [2.24, 2.45) is 0 Å². The van der Waals surface area contributed by atoms with E-state index in [-0.39, 0.29) is 11.4 Å². The number of nitrogens with one attached hydrogen (secondary N) is 1. The van der Waals surface area contributed by atoms with Gasteiger partial charge in [-0.15, -0.1) is 0 Å². The van der Waals surface area contributed by atoms with Crippen LogP contribution in [0.15, 0.2) is 66.9 Å². The Hall–Kier alpha value is -3.66. The minimum absolute atomic E-state index is 0.219. The number of anilines is 1. The van der Waals surface area contributed by atoms with Gasteiger partial charge < -0.3 is 5.32 Å². The molecule has 0 saturated heterocycles. The number of benzene rings is 2. The molecule has 2 heterocycles. The Labute approximate surface area is 182 Å². The second kappa shape index (κ2) is 8.37. The molecular weight excluding hydrogens is 421 g/mol. The lowest BCUT2D eigenvalue weighted by Gasteiger charge is -2.08. The van der Waals surface area contributed by atoms with Gasteiger partial charge in [0.1, 0.15) is 11.6 Å². The number of fused-ring (bicyclic) bond motifs is 1. The molecule has 1 amide bonds. The number of aromatic nitrogens is 3. The largest absolute Gasteiger partial charge is 0.306 e. The number of pyridine rings is 1. The summed E-state index contributed by atoms with van der Waals surface area (Å²) in [6, 6.07) is 18.3. The fourth-order valence-corrected chi connectivity index (χ4v) is 3.33. The normalized spacial score (nSPS) is 11.0. The van der Waals surface area contributed by atoms with Crippen molar-refractivity contribution in [2.75, 3.05) is 5.32 Å². The van der Waals surface area contributed by atoms with Gasteiger partial charge in [0.15, 0.2) is 11.6 Å². The van der Waals surface area contributed by atoms with Crippen molar-refractivity contribution in [3.63, 3.8) is 0 Å². The average Bonchev–Trinajstić information content (AvgIpc) is 3.15. The van der Waals surface area contributed by atoms with Crippen molar-refractivity contribution in [3.05, 3.63) is 88.0 Å². The van der Waals surface area contributed by atoms with Gasteiger partial charge in [-0.05, 0) is 42.0 Å². The second-order valence-corrected chi connectivity index (χ2v) is 7.12. The van der Waals surface area contributed by atoms with E-state index in [1.807, 2.05) is 36.4 Å². The Balaban J connectivity index is 1.64. The van der Waals surface area contributed by atoms with Gasteiger partial charge in [-0.25, -0.2) is 4.98 Å². The maximum absolute atomic E-state index is 12.5. The van der Waals surface area contributed by atoms with Crippen LogP contribution >= 0.6 is 23.2 Å². The van der Waals surface area contributed by atoms with Crippen LogP contribution in [0, 0.1) is 11.3 Å². The average molecular weight is 434 g/mol. The lowest BCUT2D eigenvalue weighted by atomic mass is 10.2. The third-order valence-electron chi connectivity index (χ3n) is 4.31. The summed E-state index contributed by atoms with van der Waals surface area (Å²) < 4.78 is 1.42. The molecule has 146 valence electrons. The van der Waals surface area contributed by atoms with Gasteiger partial charge in [-0.3, -0.25) is 4.79 Å². The first-order valence-corrected chi connectivity index (χ1v) is 9.59. The third-order valence-corrected chi connectivity index (χ3v) is 4.87. The zero-order chi connectivity index (χ0) is 21.1. The minimum atomic E-state index is -0.444. The molecule has 6 nitrogen and oxygen atoms in total. The van der Waals surface area contributed by atoms with Gasteiger partial charge in [-0.1, -0.05) is 47.5 Å². The Bertz CT molecular complexity index is 1340. The number of rotatable bonds is 4. The Morgan fingerprint density at radius 1 is 1.13 bits per heavy atom. The second-order valence-electron chi connectivity index (χ2n) is 6.28. The zero-order valence-corrected chi connectivity index (χ0v) is 16.9. The topological polar surface area (TPSA) is 83.6 Å². The highest BCUT2D eigenvalue weighted by Crippen LogP contribution is 2.23. The molecule has 0 radical (unpaired) electrons. The van der Waals surface area contributed by atoms with Crippen LogP contribution in [0.2, 0.25) is 10.0 Å². The number of carbonyl (C=O) groups is 1. The molecule has 1 N–H and O–H groups in total. The number of carbonyl (C=O) groups excluding carboxylic acids is 1. The summed E-state index contributed by atoms with van der Waals surface area (Å²) in [5.41, 5.74) is 1.64. The zero-order valence-electron chi connectivity index (χ0n) is 15.4. The molecule has 4 aromatic rings. The molecule has 0 aliphatic heterocycles. The van der Waals surface area contributed by atoms with Crippen molar-refractivity contribution in [1.29, 1.82) is 5.26 Å². The van der Waals surface area contributed by atoms with Crippen LogP contribution in [0.5, 0.6) is 0 Å². The van der Waals surface area contributed by atoms with E-state index in [0.29, 0.717) is 21.4 Å². The van der Waals surface area contributed by atoms with Gasteiger partial charge in [-0.2, -0.15) is 15.0 Å². The van der Waals surface area contributed by atoms with Crippen molar-refractivity contribution in [1.82, 2.24) is 14.8 Å². The quantitative estimate of drug-likeness (QED) is 0.445. The van der Waals surface area contributed by atoms with Crippen LogP contribution in [0.4, 0.5) is 5.82 Å². The molecule has 0 aliphatic carbocycles. The molecule has 8 heteroatoms. The monoisotopic (exact) mass is 433 g/mol. The highest BCUT2D eigenvalue weighted by Gasteiger charge is 2.15. The Morgan fingerprint density at radius 3 is 2.77 bits per heavy atom. The summed E-state index contributed by atoms with van der Waals surface area (Å²) >= 11 is 12.0. The highest BCUT2D eigenvalue weighted by molar-refractivity contribution is 6.35. The van der Waals surface area contributed by atoms with Gasteiger partial charge >= 0.3 is 0 Å². The van der Waals surface area contributed by atoms with E-state index in [2.05, 4.69) is 15.4 Å². The van der Waals surface area contributed by atoms with E-state index >= 15 is 0 Å². The van der Waals surface area contributed by atoms with E-state index in [1.165, 1.54) is 17.0 Å². The van der Waals surface area contributed by atoms with Crippen LogP contribution in [-0.4, -0.2) is 20.7 Å². The van der Waals surface area contributed by atoms with Crippen LogP contribution < -0.4 is 5.32 Å². The van der Waals surface area contributed by atoms with E-state index in [1.54, 1.807) is 30.3 Å². The number of hydrogen-bond acceptors (Lipinski definition) is 4. The van der Waals surface area contributed by atoms with Crippen LogP contribution in [0.25, 0.3) is 22.8 Å².